The van der Waals surface area contributed by atoms with Gasteiger partial charge in [0.15, 0.2) is 0 Å². The molecule has 29 heavy (non-hydrogen) atoms. The molecule has 158 valence electrons. The van der Waals surface area contributed by atoms with E-state index in [0.717, 1.165) is 0 Å². The summed E-state index contributed by atoms with van der Waals surface area (Å²) in [5.74, 6) is -1.60. The Kier molecular flexibility index (Phi) is 7.24. The van der Waals surface area contributed by atoms with Crippen LogP contribution >= 0.6 is 11.6 Å². The average molecular weight is 424 g/mol. The lowest BCUT2D eigenvalue weighted by Gasteiger charge is -2.35. The van der Waals surface area contributed by atoms with E-state index in [1.807, 2.05) is 0 Å². The van der Waals surface area contributed by atoms with Crippen LogP contribution in [0, 0.1) is 5.41 Å². The van der Waals surface area contributed by atoms with Gasteiger partial charge in [-0.2, -0.15) is 0 Å². The van der Waals surface area contributed by atoms with E-state index < -0.39 is 29.3 Å². The highest BCUT2D eigenvalue weighted by molar-refractivity contribution is 6.35. The lowest BCUT2D eigenvalue weighted by Crippen LogP contribution is -2.57. The van der Waals surface area contributed by atoms with Crippen molar-refractivity contribution >= 4 is 35.6 Å². The molecular formula is C20H26ClN3O5. The fourth-order valence-electron chi connectivity index (χ4n) is 3.28. The van der Waals surface area contributed by atoms with Crippen molar-refractivity contribution in [3.63, 3.8) is 0 Å². The van der Waals surface area contributed by atoms with Crippen LogP contribution in [0.15, 0.2) is 18.2 Å². The van der Waals surface area contributed by atoms with Crippen LogP contribution < -0.4 is 10.6 Å². The highest BCUT2D eigenvalue weighted by atomic mass is 35.5. The van der Waals surface area contributed by atoms with Crippen molar-refractivity contribution in [3.05, 3.63) is 28.8 Å². The summed E-state index contributed by atoms with van der Waals surface area (Å²) in [6.07, 6.45) is 1.71. The third-order valence-electron chi connectivity index (χ3n) is 4.81. The SMILES string of the molecule is CC(C)(C)[C@H](NC(=O)c1cccc(O)c1Cl)C(=O)N1CCC[C@H]1C(=O)NCC=O. The van der Waals surface area contributed by atoms with Crippen LogP contribution in [0.25, 0.3) is 0 Å². The van der Waals surface area contributed by atoms with Crippen molar-refractivity contribution in [2.45, 2.75) is 45.7 Å². The van der Waals surface area contributed by atoms with Crippen molar-refractivity contribution in [1.82, 2.24) is 15.5 Å². The second-order valence-electron chi connectivity index (χ2n) is 8.01. The number of likely N-dealkylation sites (tertiary alicyclic amines) is 1. The van der Waals surface area contributed by atoms with Gasteiger partial charge in [-0.3, -0.25) is 14.4 Å². The van der Waals surface area contributed by atoms with Gasteiger partial charge in [-0.1, -0.05) is 38.4 Å². The molecule has 0 bridgehead atoms. The number of phenols is 1. The van der Waals surface area contributed by atoms with E-state index in [0.29, 0.717) is 25.7 Å². The molecule has 0 radical (unpaired) electrons. The molecular weight excluding hydrogens is 398 g/mol. The number of phenolic OH excluding ortho intramolecular Hbond substituents is 1. The topological polar surface area (TPSA) is 116 Å². The number of halogens is 1. The molecule has 1 aliphatic rings. The summed E-state index contributed by atoms with van der Waals surface area (Å²) < 4.78 is 0. The fourth-order valence-corrected chi connectivity index (χ4v) is 3.49. The van der Waals surface area contributed by atoms with E-state index in [9.17, 15) is 24.3 Å². The van der Waals surface area contributed by atoms with Crippen molar-refractivity contribution < 1.29 is 24.3 Å². The number of benzene rings is 1. The molecule has 2 atom stereocenters. The molecule has 1 aromatic rings. The molecule has 1 heterocycles. The predicted octanol–water partition coefficient (Wildman–Crippen LogP) is 1.50. The van der Waals surface area contributed by atoms with Crippen LogP contribution in [0.5, 0.6) is 5.75 Å². The van der Waals surface area contributed by atoms with Crippen molar-refractivity contribution in [2.24, 2.45) is 5.41 Å². The Morgan fingerprint density at radius 2 is 2.03 bits per heavy atom. The molecule has 2 rings (SSSR count). The molecule has 0 spiro atoms. The Hall–Kier alpha value is -2.61. The van der Waals surface area contributed by atoms with E-state index in [1.54, 1.807) is 20.8 Å². The monoisotopic (exact) mass is 423 g/mol. The molecule has 3 N–H and O–H groups in total. The van der Waals surface area contributed by atoms with Crippen molar-refractivity contribution in [1.29, 1.82) is 0 Å². The number of carbonyl (C=O) groups is 4. The summed E-state index contributed by atoms with van der Waals surface area (Å²) in [4.78, 5) is 50.3. The first-order valence-electron chi connectivity index (χ1n) is 9.38. The number of amides is 3. The maximum atomic E-state index is 13.3. The summed E-state index contributed by atoms with van der Waals surface area (Å²) in [6.45, 7) is 5.67. The second-order valence-corrected chi connectivity index (χ2v) is 8.39. The molecule has 1 fully saturated rings. The first-order chi connectivity index (χ1) is 13.6. The minimum absolute atomic E-state index is 0.0513. The van der Waals surface area contributed by atoms with Crippen molar-refractivity contribution in [3.8, 4) is 5.75 Å². The van der Waals surface area contributed by atoms with E-state index in [2.05, 4.69) is 10.6 Å². The minimum atomic E-state index is -0.923. The predicted molar refractivity (Wildman–Crippen MR) is 108 cm³/mol. The molecule has 0 aliphatic carbocycles. The Morgan fingerprint density at radius 1 is 1.34 bits per heavy atom. The van der Waals surface area contributed by atoms with Gasteiger partial charge in [-0.25, -0.2) is 0 Å². The molecule has 1 aliphatic heterocycles. The molecule has 1 aromatic carbocycles. The first kappa shape index (κ1) is 22.7. The maximum absolute atomic E-state index is 13.3. The first-order valence-corrected chi connectivity index (χ1v) is 9.76. The number of aldehydes is 1. The number of nitrogens with one attached hydrogen (secondary N) is 2. The normalized spacial score (nSPS) is 17.5. The Bertz CT molecular complexity index is 806. The van der Waals surface area contributed by atoms with Crippen LogP contribution in [-0.4, -0.2) is 59.2 Å². The summed E-state index contributed by atoms with van der Waals surface area (Å²) in [5.41, 5.74) is -0.599. The number of hydrogen-bond acceptors (Lipinski definition) is 5. The van der Waals surface area contributed by atoms with Crippen LogP contribution in [0.4, 0.5) is 0 Å². The highest BCUT2D eigenvalue weighted by Gasteiger charge is 2.42. The van der Waals surface area contributed by atoms with Gasteiger partial charge in [0.2, 0.25) is 11.8 Å². The largest absolute Gasteiger partial charge is 0.506 e. The van der Waals surface area contributed by atoms with E-state index in [-0.39, 0.29) is 28.8 Å². The number of carbonyl (C=O) groups excluding carboxylic acids is 4. The quantitative estimate of drug-likeness (QED) is 0.599. The van der Waals surface area contributed by atoms with Gasteiger partial charge in [-0.05, 0) is 30.4 Å². The summed E-state index contributed by atoms with van der Waals surface area (Å²) in [7, 11) is 0. The fraction of sp³-hybridized carbons (Fsp3) is 0.500. The Labute approximate surface area is 174 Å². The van der Waals surface area contributed by atoms with Gasteiger partial charge >= 0.3 is 0 Å². The zero-order chi connectivity index (χ0) is 21.8. The Morgan fingerprint density at radius 3 is 2.66 bits per heavy atom. The third kappa shape index (κ3) is 5.26. The zero-order valence-electron chi connectivity index (χ0n) is 16.7. The maximum Gasteiger partial charge on any atom is 0.253 e. The number of nitrogens with zero attached hydrogens (tertiary/aromatic N) is 1. The molecule has 3 amide bonds. The molecule has 8 nitrogen and oxygen atoms in total. The Balaban J connectivity index is 2.24. The van der Waals surface area contributed by atoms with E-state index in [1.165, 1.54) is 23.1 Å². The number of rotatable bonds is 6. The average Bonchev–Trinajstić information content (AvgIpc) is 3.14. The number of aromatic hydroxyl groups is 1. The van der Waals surface area contributed by atoms with Crippen LogP contribution in [-0.2, 0) is 14.4 Å². The standard InChI is InChI=1S/C20H26ClN3O5/c1-20(2,3)16(23-17(27)12-6-4-8-14(26)15(12)21)19(29)24-10-5-7-13(24)18(28)22-9-11-25/h4,6,8,11,13,16,26H,5,7,9-10H2,1-3H3,(H,22,28)(H,23,27)/t13-,16+/m0/s1. The lowest BCUT2D eigenvalue weighted by molar-refractivity contribution is -0.141. The number of hydrogen-bond donors (Lipinski definition) is 3. The van der Waals surface area contributed by atoms with E-state index >= 15 is 0 Å². The van der Waals surface area contributed by atoms with Gasteiger partial charge < -0.3 is 25.4 Å². The third-order valence-corrected chi connectivity index (χ3v) is 5.21. The van der Waals surface area contributed by atoms with Crippen LogP contribution in [0.3, 0.4) is 0 Å². The minimum Gasteiger partial charge on any atom is -0.506 e. The van der Waals surface area contributed by atoms with Gasteiger partial charge in [0.1, 0.15) is 24.1 Å². The van der Waals surface area contributed by atoms with E-state index in [4.69, 9.17) is 11.6 Å². The van der Waals surface area contributed by atoms with Gasteiger partial charge in [0, 0.05) is 6.54 Å². The van der Waals surface area contributed by atoms with Gasteiger partial charge in [0.25, 0.3) is 5.91 Å². The van der Waals surface area contributed by atoms with Gasteiger partial charge in [0.05, 0.1) is 17.1 Å². The summed E-state index contributed by atoms with van der Waals surface area (Å²) in [5, 5.41) is 14.8. The van der Waals surface area contributed by atoms with Crippen molar-refractivity contribution in [2.75, 3.05) is 13.1 Å². The second kappa shape index (κ2) is 9.26. The molecule has 9 heteroatoms. The molecule has 0 unspecified atom stereocenters. The molecule has 0 aromatic heterocycles. The lowest BCUT2D eigenvalue weighted by atomic mass is 9.85. The zero-order valence-corrected chi connectivity index (χ0v) is 17.5. The smallest absolute Gasteiger partial charge is 0.253 e. The van der Waals surface area contributed by atoms with Crippen LogP contribution in [0.2, 0.25) is 5.02 Å². The van der Waals surface area contributed by atoms with Gasteiger partial charge in [-0.15, -0.1) is 0 Å². The summed E-state index contributed by atoms with van der Waals surface area (Å²) in [6, 6.07) is 2.69. The summed E-state index contributed by atoms with van der Waals surface area (Å²) >= 11 is 6.02. The molecule has 0 saturated carbocycles. The molecule has 1 saturated heterocycles. The van der Waals surface area contributed by atoms with Crippen LogP contribution in [0.1, 0.15) is 44.0 Å². The highest BCUT2D eigenvalue weighted by Crippen LogP contribution is 2.29.